The molecule has 45 heavy (non-hydrogen) atoms. The van der Waals surface area contributed by atoms with E-state index in [-0.39, 0.29) is 6.10 Å². The number of nitrogens with zero attached hydrogens (tertiary/aromatic N) is 2. The van der Waals surface area contributed by atoms with Crippen molar-refractivity contribution in [2.24, 2.45) is 0 Å². The maximum absolute atomic E-state index is 13.4. The van der Waals surface area contributed by atoms with Crippen molar-refractivity contribution in [3.63, 3.8) is 0 Å². The summed E-state index contributed by atoms with van der Waals surface area (Å²) in [5, 5.41) is 0. The van der Waals surface area contributed by atoms with Crippen LogP contribution in [0.4, 0.5) is 0 Å². The Bertz CT molecular complexity index is 1260. The van der Waals surface area contributed by atoms with Gasteiger partial charge in [0.25, 0.3) is 0 Å². The number of methoxy groups -OCH3 is 5. The zero-order chi connectivity index (χ0) is 32.2. The molecule has 2 aromatic carbocycles. The van der Waals surface area contributed by atoms with E-state index < -0.39 is 11.9 Å². The molecule has 2 aromatic rings. The van der Waals surface area contributed by atoms with E-state index in [9.17, 15) is 9.59 Å². The van der Waals surface area contributed by atoms with Crippen molar-refractivity contribution in [1.29, 1.82) is 0 Å². The molecule has 1 fully saturated rings. The lowest BCUT2D eigenvalue weighted by atomic mass is 10.1. The van der Waals surface area contributed by atoms with E-state index in [2.05, 4.69) is 9.80 Å². The maximum Gasteiger partial charge on any atom is 0.338 e. The van der Waals surface area contributed by atoms with Crippen LogP contribution in [-0.4, -0.2) is 116 Å². The third kappa shape index (κ3) is 9.07. The number of cyclic esters (lactones) is 1. The molecule has 0 spiro atoms. The highest BCUT2D eigenvalue weighted by Gasteiger charge is 2.24. The van der Waals surface area contributed by atoms with E-state index in [1.165, 1.54) is 35.5 Å². The molecule has 0 N–H and O–H groups in total. The van der Waals surface area contributed by atoms with Crippen LogP contribution >= 0.6 is 0 Å². The van der Waals surface area contributed by atoms with E-state index >= 15 is 0 Å². The lowest BCUT2D eigenvalue weighted by Crippen LogP contribution is -2.34. The standard InChI is InChI=1S/C33H46N2O10/c1-38-26-20-24(21-27(39-2)30(26)41-4)33(37)45-25-9-6-17-43-29-22-23(19-28(40-3)31(29)42-5)32(36)44-18-8-13-34-11-7-12-35(14-10-25)16-15-34/h19-22,25H,6-18H2,1-5H3/t25-/m1/s1. The third-order valence-corrected chi connectivity index (χ3v) is 8.08. The number of rotatable bonds is 7. The summed E-state index contributed by atoms with van der Waals surface area (Å²) in [6.07, 6.45) is 3.24. The molecule has 0 aromatic heterocycles. The maximum atomic E-state index is 13.4. The Morgan fingerprint density at radius 3 is 1.91 bits per heavy atom. The highest BCUT2D eigenvalue weighted by molar-refractivity contribution is 5.92. The van der Waals surface area contributed by atoms with Crippen molar-refractivity contribution < 1.29 is 47.5 Å². The molecule has 0 aliphatic carbocycles. The first kappa shape index (κ1) is 34.0. The summed E-state index contributed by atoms with van der Waals surface area (Å²) in [7, 11) is 7.55. The Labute approximate surface area is 265 Å². The molecule has 4 bridgehead atoms. The molecule has 1 saturated heterocycles. The predicted molar refractivity (Wildman–Crippen MR) is 167 cm³/mol. The van der Waals surface area contributed by atoms with Crippen molar-refractivity contribution in [2.75, 3.05) is 88.0 Å². The van der Waals surface area contributed by atoms with Gasteiger partial charge >= 0.3 is 11.9 Å². The average molecular weight is 631 g/mol. The minimum absolute atomic E-state index is 0.301. The highest BCUT2D eigenvalue weighted by Crippen LogP contribution is 2.40. The summed E-state index contributed by atoms with van der Waals surface area (Å²) in [5.74, 6) is 1.37. The summed E-state index contributed by atoms with van der Waals surface area (Å²) in [5.41, 5.74) is 0.630. The number of hydrogen-bond donors (Lipinski definition) is 0. The van der Waals surface area contributed by atoms with Gasteiger partial charge in [-0.25, -0.2) is 9.59 Å². The van der Waals surface area contributed by atoms with Gasteiger partial charge in [0.1, 0.15) is 6.10 Å². The van der Waals surface area contributed by atoms with E-state index in [1.54, 1.807) is 24.3 Å². The van der Waals surface area contributed by atoms with Crippen molar-refractivity contribution in [2.45, 2.75) is 38.2 Å². The molecule has 2 aliphatic rings. The molecule has 2 heterocycles. The van der Waals surface area contributed by atoms with Crippen LogP contribution in [0.5, 0.6) is 34.5 Å². The molecular formula is C33H46N2O10. The van der Waals surface area contributed by atoms with E-state index in [0.717, 1.165) is 52.1 Å². The van der Waals surface area contributed by atoms with Crippen LogP contribution < -0.4 is 28.4 Å². The zero-order valence-corrected chi connectivity index (χ0v) is 27.1. The third-order valence-electron chi connectivity index (χ3n) is 8.08. The summed E-state index contributed by atoms with van der Waals surface area (Å²) < 4.78 is 45.1. The van der Waals surface area contributed by atoms with E-state index in [0.29, 0.717) is 78.1 Å². The molecule has 0 saturated carbocycles. The van der Waals surface area contributed by atoms with Crippen LogP contribution in [-0.2, 0) is 9.47 Å². The van der Waals surface area contributed by atoms with Gasteiger partial charge in [-0.15, -0.1) is 0 Å². The highest BCUT2D eigenvalue weighted by atomic mass is 16.6. The van der Waals surface area contributed by atoms with Crippen LogP contribution in [0.25, 0.3) is 0 Å². The fourth-order valence-corrected chi connectivity index (χ4v) is 5.66. The predicted octanol–water partition coefficient (Wildman–Crippen LogP) is 4.07. The van der Waals surface area contributed by atoms with Crippen molar-refractivity contribution in [3.8, 4) is 34.5 Å². The van der Waals surface area contributed by atoms with Gasteiger partial charge in [0, 0.05) is 26.2 Å². The number of ether oxygens (including phenoxy) is 8. The number of benzene rings is 2. The second-order valence-corrected chi connectivity index (χ2v) is 11.0. The van der Waals surface area contributed by atoms with Gasteiger partial charge in [-0.05, 0) is 69.5 Å². The van der Waals surface area contributed by atoms with Crippen molar-refractivity contribution in [3.05, 3.63) is 35.4 Å². The first-order chi connectivity index (χ1) is 21.9. The summed E-state index contributed by atoms with van der Waals surface area (Å²) in [4.78, 5) is 31.2. The molecule has 2 aliphatic heterocycles. The molecule has 3 atom stereocenters. The van der Waals surface area contributed by atoms with Crippen LogP contribution in [0.15, 0.2) is 24.3 Å². The zero-order valence-electron chi connectivity index (χ0n) is 27.1. The fourth-order valence-electron chi connectivity index (χ4n) is 5.66. The van der Waals surface area contributed by atoms with Gasteiger partial charge < -0.3 is 47.7 Å². The van der Waals surface area contributed by atoms with Crippen LogP contribution in [0.1, 0.15) is 52.8 Å². The first-order valence-corrected chi connectivity index (χ1v) is 15.4. The van der Waals surface area contributed by atoms with Gasteiger partial charge in [0.15, 0.2) is 23.0 Å². The van der Waals surface area contributed by atoms with E-state index in [1.807, 2.05) is 0 Å². The lowest BCUT2D eigenvalue weighted by molar-refractivity contribution is 0.0221. The Morgan fingerprint density at radius 1 is 0.667 bits per heavy atom. The summed E-state index contributed by atoms with van der Waals surface area (Å²) in [6, 6.07) is 6.40. The molecule has 4 rings (SSSR count). The van der Waals surface area contributed by atoms with Gasteiger partial charge in [-0.1, -0.05) is 0 Å². The van der Waals surface area contributed by atoms with Crippen LogP contribution in [0, 0.1) is 0 Å². The molecule has 12 nitrogen and oxygen atoms in total. The topological polar surface area (TPSA) is 114 Å². The first-order valence-electron chi connectivity index (χ1n) is 15.4. The Kier molecular flexibility index (Phi) is 12.8. The smallest absolute Gasteiger partial charge is 0.338 e. The number of fused-ring (bicyclic) bond motifs is 5. The Hall–Kier alpha value is -3.90. The van der Waals surface area contributed by atoms with Crippen molar-refractivity contribution >= 4 is 11.9 Å². The Balaban J connectivity index is 1.55. The lowest BCUT2D eigenvalue weighted by Gasteiger charge is -2.25. The van der Waals surface area contributed by atoms with Crippen LogP contribution in [0.3, 0.4) is 0 Å². The number of carbonyl (C=O) groups excluding carboxylic acids is 2. The van der Waals surface area contributed by atoms with Gasteiger partial charge in [-0.2, -0.15) is 0 Å². The molecular weight excluding hydrogens is 584 g/mol. The largest absolute Gasteiger partial charge is 0.493 e. The summed E-state index contributed by atoms with van der Waals surface area (Å²) in [6.45, 7) is 6.07. The minimum Gasteiger partial charge on any atom is -0.493 e. The normalized spacial score (nSPS) is 21.4. The average Bonchev–Trinajstić information content (AvgIpc) is 3.30. The molecule has 0 amide bonds. The minimum atomic E-state index is -0.474. The van der Waals surface area contributed by atoms with Gasteiger partial charge in [0.05, 0.1) is 59.9 Å². The van der Waals surface area contributed by atoms with Crippen LogP contribution in [0.2, 0.25) is 0 Å². The molecule has 248 valence electrons. The van der Waals surface area contributed by atoms with Gasteiger partial charge in [0.2, 0.25) is 11.5 Å². The molecule has 2 unspecified atom stereocenters. The molecule has 12 heteroatoms. The Morgan fingerprint density at radius 2 is 1.27 bits per heavy atom. The monoisotopic (exact) mass is 630 g/mol. The SMILES string of the molecule is COc1cc(C(=O)O[C@@H]2CCCOc3cc(cc(OC)c3OC)C(=O)OCCCN3CCCN(CC2)CC3)cc(OC)c1OC. The van der Waals surface area contributed by atoms with Crippen molar-refractivity contribution in [1.82, 2.24) is 9.80 Å². The second-order valence-electron chi connectivity index (χ2n) is 11.0. The van der Waals surface area contributed by atoms with Gasteiger partial charge in [-0.3, -0.25) is 0 Å². The number of carbonyl (C=O) groups is 2. The fraction of sp³-hybridized carbons (Fsp3) is 0.576. The number of esters is 2. The van der Waals surface area contributed by atoms with E-state index in [4.69, 9.17) is 37.9 Å². The summed E-state index contributed by atoms with van der Waals surface area (Å²) >= 11 is 0. The quantitative estimate of drug-likeness (QED) is 0.411. The number of hydrogen-bond acceptors (Lipinski definition) is 12. The second kappa shape index (κ2) is 17.0. The molecule has 0 radical (unpaired) electrons.